The molecule has 0 atom stereocenters. The van der Waals surface area contributed by atoms with Gasteiger partial charge in [0.05, 0.1) is 5.69 Å². The van der Waals surface area contributed by atoms with E-state index < -0.39 is 0 Å². The summed E-state index contributed by atoms with van der Waals surface area (Å²) in [5.41, 5.74) is 7.43. The van der Waals surface area contributed by atoms with Crippen LogP contribution in [0.1, 0.15) is 19.3 Å². The number of thiazole rings is 1. The number of nitrogen functional groups attached to an aromatic ring is 1. The topological polar surface area (TPSA) is 68.5 Å². The molecule has 1 aromatic carbocycles. The predicted octanol–water partition coefficient (Wildman–Crippen LogP) is 2.78. The standard InChI is InChI=1S/C16H19N3O2S/c17-16-18-14(11-22-16)12-5-4-6-13(9-12)21-10-15(20)19-7-2-1-3-8-19/h4-6,9,11H,1-3,7-8,10H2,(H2,17,18). The summed E-state index contributed by atoms with van der Waals surface area (Å²) in [5, 5.41) is 2.45. The Labute approximate surface area is 133 Å². The van der Waals surface area contributed by atoms with E-state index in [4.69, 9.17) is 10.5 Å². The molecule has 2 aromatic rings. The Morgan fingerprint density at radius 1 is 1.32 bits per heavy atom. The van der Waals surface area contributed by atoms with Crippen LogP contribution in [0.4, 0.5) is 5.13 Å². The first-order valence-electron chi connectivity index (χ1n) is 7.44. The molecular weight excluding hydrogens is 298 g/mol. The van der Waals surface area contributed by atoms with Crippen molar-refractivity contribution < 1.29 is 9.53 Å². The van der Waals surface area contributed by atoms with Gasteiger partial charge >= 0.3 is 0 Å². The Balaban J connectivity index is 1.62. The van der Waals surface area contributed by atoms with E-state index in [1.54, 1.807) is 0 Å². The van der Waals surface area contributed by atoms with Crippen LogP contribution in [0.15, 0.2) is 29.6 Å². The molecule has 2 heterocycles. The van der Waals surface area contributed by atoms with Gasteiger partial charge in [0.25, 0.3) is 5.91 Å². The highest BCUT2D eigenvalue weighted by atomic mass is 32.1. The number of nitrogens with zero attached hydrogens (tertiary/aromatic N) is 2. The summed E-state index contributed by atoms with van der Waals surface area (Å²) < 4.78 is 5.64. The van der Waals surface area contributed by atoms with E-state index in [9.17, 15) is 4.79 Å². The Kier molecular flexibility index (Phi) is 4.58. The summed E-state index contributed by atoms with van der Waals surface area (Å²) in [7, 11) is 0. The lowest BCUT2D eigenvalue weighted by Crippen LogP contribution is -2.38. The van der Waals surface area contributed by atoms with E-state index in [2.05, 4.69) is 4.98 Å². The largest absolute Gasteiger partial charge is 0.484 e. The molecule has 116 valence electrons. The summed E-state index contributed by atoms with van der Waals surface area (Å²) in [5.74, 6) is 0.734. The molecule has 6 heteroatoms. The van der Waals surface area contributed by atoms with Crippen LogP contribution >= 0.6 is 11.3 Å². The molecule has 22 heavy (non-hydrogen) atoms. The van der Waals surface area contributed by atoms with E-state index in [0.717, 1.165) is 37.2 Å². The fourth-order valence-electron chi connectivity index (χ4n) is 2.55. The Hall–Kier alpha value is -2.08. The number of carbonyl (C=O) groups excluding carboxylic acids is 1. The van der Waals surface area contributed by atoms with Gasteiger partial charge in [-0.1, -0.05) is 12.1 Å². The fraction of sp³-hybridized carbons (Fsp3) is 0.375. The van der Waals surface area contributed by atoms with Gasteiger partial charge in [-0.25, -0.2) is 4.98 Å². The number of hydrogen-bond acceptors (Lipinski definition) is 5. The molecule has 0 unspecified atom stereocenters. The lowest BCUT2D eigenvalue weighted by molar-refractivity contribution is -0.134. The lowest BCUT2D eigenvalue weighted by Gasteiger charge is -2.26. The molecular formula is C16H19N3O2S. The second kappa shape index (κ2) is 6.79. The summed E-state index contributed by atoms with van der Waals surface area (Å²) in [4.78, 5) is 18.2. The third-order valence-corrected chi connectivity index (χ3v) is 4.40. The molecule has 0 spiro atoms. The number of ether oxygens (including phenoxy) is 1. The first kappa shape index (κ1) is 14.8. The van der Waals surface area contributed by atoms with Crippen molar-refractivity contribution >= 4 is 22.4 Å². The average Bonchev–Trinajstić information content (AvgIpc) is 3.00. The number of carbonyl (C=O) groups is 1. The van der Waals surface area contributed by atoms with Gasteiger partial charge in [-0.15, -0.1) is 11.3 Å². The zero-order chi connectivity index (χ0) is 15.4. The van der Waals surface area contributed by atoms with E-state index in [-0.39, 0.29) is 12.5 Å². The second-order valence-corrected chi connectivity index (χ2v) is 6.22. The van der Waals surface area contributed by atoms with Crippen molar-refractivity contribution in [1.82, 2.24) is 9.88 Å². The van der Waals surface area contributed by atoms with Crippen molar-refractivity contribution in [3.63, 3.8) is 0 Å². The summed E-state index contributed by atoms with van der Waals surface area (Å²) >= 11 is 1.41. The van der Waals surface area contributed by atoms with Gasteiger partial charge in [-0.3, -0.25) is 4.79 Å². The molecule has 1 amide bonds. The number of hydrogen-bond donors (Lipinski definition) is 1. The van der Waals surface area contributed by atoms with Gasteiger partial charge in [0, 0.05) is 24.0 Å². The Morgan fingerprint density at radius 3 is 2.86 bits per heavy atom. The van der Waals surface area contributed by atoms with Crippen LogP contribution in [0.25, 0.3) is 11.3 Å². The third-order valence-electron chi connectivity index (χ3n) is 3.72. The molecule has 1 aliphatic heterocycles. The first-order valence-corrected chi connectivity index (χ1v) is 8.32. The first-order chi connectivity index (χ1) is 10.7. The van der Waals surface area contributed by atoms with E-state index in [1.807, 2.05) is 34.5 Å². The molecule has 0 radical (unpaired) electrons. The number of nitrogens with two attached hydrogens (primary N) is 1. The maximum atomic E-state index is 12.1. The molecule has 1 aliphatic rings. The number of benzene rings is 1. The van der Waals surface area contributed by atoms with Crippen LogP contribution in [-0.4, -0.2) is 35.5 Å². The van der Waals surface area contributed by atoms with Gasteiger partial charge in [0.2, 0.25) is 0 Å². The van der Waals surface area contributed by atoms with Crippen molar-refractivity contribution in [2.75, 3.05) is 25.4 Å². The molecule has 0 bridgehead atoms. The zero-order valence-electron chi connectivity index (χ0n) is 12.3. The molecule has 0 saturated carbocycles. The van der Waals surface area contributed by atoms with Crippen LogP contribution in [0.3, 0.4) is 0 Å². The van der Waals surface area contributed by atoms with Crippen molar-refractivity contribution in [2.24, 2.45) is 0 Å². The monoisotopic (exact) mass is 317 g/mol. The minimum atomic E-state index is 0.0583. The summed E-state index contributed by atoms with van der Waals surface area (Å²) in [6.07, 6.45) is 3.39. The second-order valence-electron chi connectivity index (χ2n) is 5.33. The number of aromatic nitrogens is 1. The highest BCUT2D eigenvalue weighted by molar-refractivity contribution is 7.13. The maximum absolute atomic E-state index is 12.1. The number of rotatable bonds is 4. The SMILES string of the molecule is Nc1nc(-c2cccc(OCC(=O)N3CCCCC3)c2)cs1. The van der Waals surface area contributed by atoms with Gasteiger partial charge in [-0.2, -0.15) is 0 Å². The number of piperidine rings is 1. The fourth-order valence-corrected chi connectivity index (χ4v) is 3.12. The van der Waals surface area contributed by atoms with Crippen LogP contribution in [0.5, 0.6) is 5.75 Å². The van der Waals surface area contributed by atoms with Crippen LogP contribution in [-0.2, 0) is 4.79 Å². The smallest absolute Gasteiger partial charge is 0.260 e. The molecule has 5 nitrogen and oxygen atoms in total. The molecule has 3 rings (SSSR count). The van der Waals surface area contributed by atoms with Crippen molar-refractivity contribution in [1.29, 1.82) is 0 Å². The van der Waals surface area contributed by atoms with Crippen LogP contribution < -0.4 is 10.5 Å². The quantitative estimate of drug-likeness (QED) is 0.941. The number of amides is 1. The Morgan fingerprint density at radius 2 is 2.14 bits per heavy atom. The van der Waals surface area contributed by atoms with Crippen molar-refractivity contribution in [3.05, 3.63) is 29.6 Å². The lowest BCUT2D eigenvalue weighted by atomic mass is 10.1. The van der Waals surface area contributed by atoms with Crippen LogP contribution in [0.2, 0.25) is 0 Å². The molecule has 0 aliphatic carbocycles. The minimum absolute atomic E-state index is 0.0583. The van der Waals surface area contributed by atoms with Gasteiger partial charge in [-0.05, 0) is 31.4 Å². The number of anilines is 1. The van der Waals surface area contributed by atoms with Crippen molar-refractivity contribution in [2.45, 2.75) is 19.3 Å². The summed E-state index contributed by atoms with van der Waals surface area (Å²) in [6, 6.07) is 7.58. The number of likely N-dealkylation sites (tertiary alicyclic amines) is 1. The van der Waals surface area contributed by atoms with Crippen molar-refractivity contribution in [3.8, 4) is 17.0 Å². The van der Waals surface area contributed by atoms with Crippen LogP contribution in [0, 0.1) is 0 Å². The van der Waals surface area contributed by atoms with Gasteiger partial charge in [0.1, 0.15) is 5.75 Å². The normalized spacial score (nSPS) is 14.8. The summed E-state index contributed by atoms with van der Waals surface area (Å²) in [6.45, 7) is 1.78. The van der Waals surface area contributed by atoms with E-state index in [0.29, 0.717) is 10.9 Å². The average molecular weight is 317 g/mol. The van der Waals surface area contributed by atoms with Gasteiger partial charge < -0.3 is 15.4 Å². The maximum Gasteiger partial charge on any atom is 0.260 e. The minimum Gasteiger partial charge on any atom is -0.484 e. The molecule has 1 aromatic heterocycles. The molecule has 2 N–H and O–H groups in total. The highest BCUT2D eigenvalue weighted by Gasteiger charge is 2.16. The Bertz CT molecular complexity index is 650. The highest BCUT2D eigenvalue weighted by Crippen LogP contribution is 2.26. The van der Waals surface area contributed by atoms with E-state index in [1.165, 1.54) is 17.8 Å². The zero-order valence-corrected chi connectivity index (χ0v) is 13.1. The third kappa shape index (κ3) is 3.57. The van der Waals surface area contributed by atoms with Gasteiger partial charge in [0.15, 0.2) is 11.7 Å². The molecule has 1 saturated heterocycles. The molecule has 1 fully saturated rings. The predicted molar refractivity (Wildman–Crippen MR) is 87.9 cm³/mol. The van der Waals surface area contributed by atoms with E-state index >= 15 is 0 Å².